The van der Waals surface area contributed by atoms with Crippen molar-refractivity contribution >= 4 is 45.6 Å². The molecule has 0 radical (unpaired) electrons. The average molecular weight is 436 g/mol. The lowest BCUT2D eigenvalue weighted by molar-refractivity contribution is -0.121. The van der Waals surface area contributed by atoms with Crippen molar-refractivity contribution in [3.8, 4) is 11.3 Å². The molecule has 4 rings (SSSR count). The second-order valence-corrected chi connectivity index (χ2v) is 9.41. The van der Waals surface area contributed by atoms with E-state index in [2.05, 4.69) is 46.5 Å². The molecule has 3 aromatic rings. The molecule has 0 saturated heterocycles. The number of para-hydroxylation sites is 1. The first-order valence-corrected chi connectivity index (χ1v) is 11.4. The number of carbonyl (C=O) groups is 2. The summed E-state index contributed by atoms with van der Waals surface area (Å²) < 4.78 is 0. The zero-order chi connectivity index (χ0) is 21.1. The van der Waals surface area contributed by atoms with Gasteiger partial charge in [-0.1, -0.05) is 59.8 Å². The van der Waals surface area contributed by atoms with Crippen LogP contribution in [0.1, 0.15) is 22.6 Å². The number of thioether (sulfide) groups is 1. The number of nitrogens with zero attached hydrogens (tertiary/aromatic N) is 2. The normalized spacial score (nSPS) is 15.9. The topological polar surface area (TPSA) is 71.4 Å². The molecule has 2 amide bonds. The third-order valence-electron chi connectivity index (χ3n) is 4.78. The van der Waals surface area contributed by atoms with E-state index in [1.54, 1.807) is 11.3 Å². The number of aromatic nitrogens is 1. The molecular weight excluding hydrogens is 414 g/mol. The lowest BCUT2D eigenvalue weighted by Crippen LogP contribution is -2.21. The molecule has 1 aromatic heterocycles. The van der Waals surface area contributed by atoms with Gasteiger partial charge in [0.2, 0.25) is 5.91 Å². The van der Waals surface area contributed by atoms with Crippen LogP contribution in [0, 0.1) is 13.8 Å². The maximum absolute atomic E-state index is 12.4. The Hall–Kier alpha value is -2.77. The van der Waals surface area contributed by atoms with Gasteiger partial charge in [-0.25, -0.2) is 9.98 Å². The zero-order valence-electron chi connectivity index (χ0n) is 16.7. The average Bonchev–Trinajstić information content (AvgIpc) is 3.31. The van der Waals surface area contributed by atoms with E-state index in [9.17, 15) is 9.59 Å². The Morgan fingerprint density at radius 3 is 2.63 bits per heavy atom. The molecule has 0 aliphatic carbocycles. The van der Waals surface area contributed by atoms with E-state index in [-0.39, 0.29) is 18.2 Å². The van der Waals surface area contributed by atoms with E-state index in [4.69, 9.17) is 0 Å². The molecule has 0 fully saturated rings. The van der Waals surface area contributed by atoms with Crippen LogP contribution >= 0.6 is 23.1 Å². The SMILES string of the molecule is Cc1ccc(-c2csc(CC3=NC(=O)[C@@H](CC(=O)Nc4ccccc4C)S3)n2)cc1. The molecule has 0 saturated carbocycles. The lowest BCUT2D eigenvalue weighted by atomic mass is 10.1. The van der Waals surface area contributed by atoms with E-state index in [0.717, 1.165) is 32.6 Å². The van der Waals surface area contributed by atoms with Gasteiger partial charge in [0.25, 0.3) is 5.91 Å². The summed E-state index contributed by atoms with van der Waals surface area (Å²) in [7, 11) is 0. The van der Waals surface area contributed by atoms with Gasteiger partial charge < -0.3 is 5.32 Å². The van der Waals surface area contributed by atoms with Crippen molar-refractivity contribution in [3.05, 3.63) is 70.0 Å². The predicted octanol–water partition coefficient (Wildman–Crippen LogP) is 5.04. The van der Waals surface area contributed by atoms with E-state index < -0.39 is 5.25 Å². The zero-order valence-corrected chi connectivity index (χ0v) is 18.3. The monoisotopic (exact) mass is 435 g/mol. The van der Waals surface area contributed by atoms with Gasteiger partial charge in [-0.3, -0.25) is 9.59 Å². The van der Waals surface area contributed by atoms with Crippen molar-refractivity contribution in [2.45, 2.75) is 31.9 Å². The van der Waals surface area contributed by atoms with Crippen LogP contribution in [-0.2, 0) is 16.0 Å². The fourth-order valence-corrected chi connectivity index (χ4v) is 5.09. The molecule has 152 valence electrons. The molecule has 1 aliphatic heterocycles. The Kier molecular flexibility index (Phi) is 6.11. The van der Waals surface area contributed by atoms with Crippen molar-refractivity contribution in [3.63, 3.8) is 0 Å². The summed E-state index contributed by atoms with van der Waals surface area (Å²) in [6, 6.07) is 15.8. The maximum Gasteiger partial charge on any atom is 0.260 e. The number of rotatable bonds is 6. The Morgan fingerprint density at radius 2 is 1.87 bits per heavy atom. The van der Waals surface area contributed by atoms with E-state index in [0.29, 0.717) is 6.42 Å². The molecule has 2 heterocycles. The largest absolute Gasteiger partial charge is 0.326 e. The molecule has 1 N–H and O–H groups in total. The van der Waals surface area contributed by atoms with E-state index >= 15 is 0 Å². The highest BCUT2D eigenvalue weighted by atomic mass is 32.2. The predicted molar refractivity (Wildman–Crippen MR) is 124 cm³/mol. The van der Waals surface area contributed by atoms with Crippen molar-refractivity contribution in [1.29, 1.82) is 0 Å². The highest BCUT2D eigenvalue weighted by Crippen LogP contribution is 2.30. The van der Waals surface area contributed by atoms with Crippen molar-refractivity contribution in [1.82, 2.24) is 4.98 Å². The summed E-state index contributed by atoms with van der Waals surface area (Å²) in [5.74, 6) is -0.423. The van der Waals surface area contributed by atoms with Crippen LogP contribution in [0.2, 0.25) is 0 Å². The van der Waals surface area contributed by atoms with Crippen LogP contribution < -0.4 is 5.32 Å². The number of aliphatic imine (C=N–C) groups is 1. The number of aryl methyl sites for hydroxylation is 2. The van der Waals surface area contributed by atoms with Gasteiger partial charge in [-0.05, 0) is 25.5 Å². The number of hydrogen-bond donors (Lipinski definition) is 1. The molecule has 7 heteroatoms. The molecule has 2 aromatic carbocycles. The minimum Gasteiger partial charge on any atom is -0.326 e. The van der Waals surface area contributed by atoms with Crippen LogP contribution in [0.3, 0.4) is 0 Å². The first-order valence-electron chi connectivity index (χ1n) is 9.63. The molecule has 0 unspecified atom stereocenters. The highest BCUT2D eigenvalue weighted by molar-refractivity contribution is 8.15. The van der Waals surface area contributed by atoms with Crippen molar-refractivity contribution < 1.29 is 9.59 Å². The van der Waals surface area contributed by atoms with Crippen LogP contribution in [0.25, 0.3) is 11.3 Å². The van der Waals surface area contributed by atoms with Crippen molar-refractivity contribution in [2.24, 2.45) is 4.99 Å². The minimum absolute atomic E-state index is 0.108. The number of carbonyl (C=O) groups excluding carboxylic acids is 2. The van der Waals surface area contributed by atoms with Crippen LogP contribution in [0.4, 0.5) is 5.69 Å². The van der Waals surface area contributed by atoms with E-state index in [1.165, 1.54) is 17.3 Å². The number of thiazole rings is 1. The first-order chi connectivity index (χ1) is 14.5. The van der Waals surface area contributed by atoms with Gasteiger partial charge in [-0.2, -0.15) is 0 Å². The minimum atomic E-state index is -0.472. The standard InChI is InChI=1S/C23H21N3O2S2/c1-14-7-9-16(10-8-14)18-13-29-21(25-18)12-22-26-23(28)19(30-22)11-20(27)24-17-6-4-3-5-15(17)2/h3-10,13,19H,11-12H2,1-2H3,(H,24,27)/t19-/m1/s1. The Balaban J connectivity index is 1.34. The smallest absolute Gasteiger partial charge is 0.260 e. The third-order valence-corrected chi connectivity index (χ3v) is 6.79. The molecule has 0 spiro atoms. The van der Waals surface area contributed by atoms with Gasteiger partial charge in [-0.15, -0.1) is 11.3 Å². The molecular formula is C23H21N3O2S2. The molecule has 30 heavy (non-hydrogen) atoms. The highest BCUT2D eigenvalue weighted by Gasteiger charge is 2.30. The molecule has 5 nitrogen and oxygen atoms in total. The maximum atomic E-state index is 12.4. The van der Waals surface area contributed by atoms with Gasteiger partial charge >= 0.3 is 0 Å². The summed E-state index contributed by atoms with van der Waals surface area (Å²) in [6.07, 6.45) is 0.625. The number of anilines is 1. The summed E-state index contributed by atoms with van der Waals surface area (Å²) in [4.78, 5) is 33.5. The second-order valence-electron chi connectivity index (χ2n) is 7.19. The Bertz CT molecular complexity index is 1120. The fraction of sp³-hybridized carbons (Fsp3) is 0.217. The lowest BCUT2D eigenvalue weighted by Gasteiger charge is -2.10. The summed E-state index contributed by atoms with van der Waals surface area (Å²) in [6.45, 7) is 3.99. The van der Waals surface area contributed by atoms with E-state index in [1.807, 2.05) is 36.6 Å². The third kappa shape index (κ3) is 4.86. The number of hydrogen-bond acceptors (Lipinski definition) is 5. The summed E-state index contributed by atoms with van der Waals surface area (Å²) in [5, 5.41) is 6.07. The number of nitrogens with one attached hydrogen (secondary N) is 1. The summed E-state index contributed by atoms with van der Waals surface area (Å²) in [5.41, 5.74) is 4.97. The first kappa shape index (κ1) is 20.5. The number of benzene rings is 2. The summed E-state index contributed by atoms with van der Waals surface area (Å²) >= 11 is 2.93. The van der Waals surface area contributed by atoms with Crippen LogP contribution in [-0.4, -0.2) is 27.1 Å². The fourth-order valence-electron chi connectivity index (χ4n) is 3.11. The Morgan fingerprint density at radius 1 is 1.10 bits per heavy atom. The van der Waals surface area contributed by atoms with Gasteiger partial charge in [0, 0.05) is 29.5 Å². The number of amides is 2. The van der Waals surface area contributed by atoms with Crippen LogP contribution in [0.15, 0.2) is 58.9 Å². The Labute approximate surface area is 183 Å². The quantitative estimate of drug-likeness (QED) is 0.589. The van der Waals surface area contributed by atoms with Gasteiger partial charge in [0.05, 0.1) is 15.7 Å². The van der Waals surface area contributed by atoms with Crippen molar-refractivity contribution in [2.75, 3.05) is 5.32 Å². The van der Waals surface area contributed by atoms with Gasteiger partial charge in [0.15, 0.2) is 0 Å². The molecule has 0 bridgehead atoms. The second kappa shape index (κ2) is 8.93. The van der Waals surface area contributed by atoms with Crippen LogP contribution in [0.5, 0.6) is 0 Å². The molecule has 1 aliphatic rings. The van der Waals surface area contributed by atoms with Gasteiger partial charge in [0.1, 0.15) is 5.25 Å². The molecule has 1 atom stereocenters.